The molecule has 0 spiro atoms. The Labute approximate surface area is 112 Å². The minimum Gasteiger partial charge on any atom is -0.469 e. The average molecular weight is 264 g/mol. The van der Waals surface area contributed by atoms with E-state index in [-0.39, 0.29) is 18.0 Å². The van der Waals surface area contributed by atoms with Crippen LogP contribution in [0.25, 0.3) is 0 Å². The van der Waals surface area contributed by atoms with E-state index in [1.165, 1.54) is 0 Å². The quantitative estimate of drug-likeness (QED) is 0.839. The summed E-state index contributed by atoms with van der Waals surface area (Å²) < 4.78 is 10.8. The monoisotopic (exact) mass is 264 g/mol. The molecular formula is C14H20N2O3. The van der Waals surface area contributed by atoms with Crippen molar-refractivity contribution >= 4 is 5.91 Å². The van der Waals surface area contributed by atoms with Crippen LogP contribution in [-0.2, 0) is 16.0 Å². The van der Waals surface area contributed by atoms with Gasteiger partial charge in [0, 0.05) is 18.0 Å². The lowest BCUT2D eigenvalue weighted by molar-refractivity contribution is -0.131. The predicted octanol–water partition coefficient (Wildman–Crippen LogP) is 1.14. The topological polar surface area (TPSA) is 77.5 Å². The van der Waals surface area contributed by atoms with Crippen molar-refractivity contribution in [3.63, 3.8) is 0 Å². The largest absolute Gasteiger partial charge is 0.469 e. The van der Waals surface area contributed by atoms with Gasteiger partial charge in [-0.2, -0.15) is 0 Å². The summed E-state index contributed by atoms with van der Waals surface area (Å²) in [5, 5.41) is 3.12. The standard InChI is InChI=1S/C14H20N2O3/c1-14(8-18-7-12(14)15)13(17)16-10-3-2-4-11-9(10)5-6-19-11/h5-6,10,12H,2-4,7-8,15H2,1H3,(H,16,17). The number of rotatable bonds is 2. The lowest BCUT2D eigenvalue weighted by atomic mass is 9.83. The molecule has 5 nitrogen and oxygen atoms in total. The Hall–Kier alpha value is -1.33. The Bertz CT molecular complexity index is 485. The molecule has 0 aromatic carbocycles. The molecule has 3 rings (SSSR count). The summed E-state index contributed by atoms with van der Waals surface area (Å²) in [6, 6.07) is 1.76. The van der Waals surface area contributed by atoms with Gasteiger partial charge in [-0.15, -0.1) is 0 Å². The number of aryl methyl sites for hydroxylation is 1. The molecule has 1 aromatic heterocycles. The maximum Gasteiger partial charge on any atom is 0.230 e. The first-order valence-electron chi connectivity index (χ1n) is 6.82. The first-order valence-corrected chi connectivity index (χ1v) is 6.82. The molecule has 19 heavy (non-hydrogen) atoms. The SMILES string of the molecule is CC1(C(=O)NC2CCCc3occc32)COCC1N. The fourth-order valence-corrected chi connectivity index (χ4v) is 2.88. The van der Waals surface area contributed by atoms with Crippen molar-refractivity contribution in [2.75, 3.05) is 13.2 Å². The molecule has 0 saturated carbocycles. The summed E-state index contributed by atoms with van der Waals surface area (Å²) in [4.78, 5) is 12.5. The smallest absolute Gasteiger partial charge is 0.230 e. The molecule has 1 saturated heterocycles. The van der Waals surface area contributed by atoms with Crippen LogP contribution in [0.2, 0.25) is 0 Å². The number of carbonyl (C=O) groups is 1. The molecule has 1 aliphatic heterocycles. The Balaban J connectivity index is 1.75. The van der Waals surface area contributed by atoms with E-state index < -0.39 is 5.41 Å². The van der Waals surface area contributed by atoms with Gasteiger partial charge in [0.25, 0.3) is 0 Å². The number of amides is 1. The molecule has 2 heterocycles. The summed E-state index contributed by atoms with van der Waals surface area (Å²) >= 11 is 0. The summed E-state index contributed by atoms with van der Waals surface area (Å²) in [5.41, 5.74) is 6.47. The predicted molar refractivity (Wildman–Crippen MR) is 69.4 cm³/mol. The fraction of sp³-hybridized carbons (Fsp3) is 0.643. The van der Waals surface area contributed by atoms with E-state index in [1.807, 2.05) is 13.0 Å². The second-order valence-corrected chi connectivity index (χ2v) is 5.76. The maximum absolute atomic E-state index is 12.5. The summed E-state index contributed by atoms with van der Waals surface area (Å²) in [6.45, 7) is 2.72. The van der Waals surface area contributed by atoms with Crippen molar-refractivity contribution in [3.8, 4) is 0 Å². The molecule has 5 heteroatoms. The second kappa shape index (κ2) is 4.65. The molecule has 2 aliphatic rings. The molecular weight excluding hydrogens is 244 g/mol. The third-order valence-electron chi connectivity index (χ3n) is 4.39. The minimum absolute atomic E-state index is 0.0171. The van der Waals surface area contributed by atoms with Crippen molar-refractivity contribution < 1.29 is 13.9 Å². The van der Waals surface area contributed by atoms with Crippen LogP contribution in [0.4, 0.5) is 0 Å². The Morgan fingerprint density at radius 2 is 2.42 bits per heavy atom. The molecule has 0 radical (unpaired) electrons. The lowest BCUT2D eigenvalue weighted by Gasteiger charge is -2.30. The molecule has 1 amide bonds. The normalized spacial score (nSPS) is 34.0. The van der Waals surface area contributed by atoms with Crippen molar-refractivity contribution in [1.29, 1.82) is 0 Å². The number of furan rings is 1. The molecule has 1 aliphatic carbocycles. The number of nitrogens with two attached hydrogens (primary N) is 1. The van der Waals surface area contributed by atoms with E-state index in [9.17, 15) is 4.79 Å². The van der Waals surface area contributed by atoms with Crippen LogP contribution in [-0.4, -0.2) is 25.2 Å². The number of hydrogen-bond donors (Lipinski definition) is 2. The first kappa shape index (κ1) is 12.7. The second-order valence-electron chi connectivity index (χ2n) is 5.76. The van der Waals surface area contributed by atoms with E-state index >= 15 is 0 Å². The lowest BCUT2D eigenvalue weighted by Crippen LogP contribution is -2.50. The van der Waals surface area contributed by atoms with E-state index in [4.69, 9.17) is 14.9 Å². The van der Waals surface area contributed by atoms with Crippen molar-refractivity contribution in [2.45, 2.75) is 38.3 Å². The molecule has 1 fully saturated rings. The van der Waals surface area contributed by atoms with Gasteiger partial charge in [-0.05, 0) is 25.8 Å². The highest BCUT2D eigenvalue weighted by Gasteiger charge is 2.45. The Morgan fingerprint density at radius 3 is 3.16 bits per heavy atom. The van der Waals surface area contributed by atoms with Crippen LogP contribution in [0.5, 0.6) is 0 Å². The van der Waals surface area contributed by atoms with Gasteiger partial charge in [-0.3, -0.25) is 4.79 Å². The number of carbonyl (C=O) groups excluding carboxylic acids is 1. The van der Waals surface area contributed by atoms with Gasteiger partial charge >= 0.3 is 0 Å². The number of ether oxygens (including phenoxy) is 1. The van der Waals surface area contributed by atoms with Gasteiger partial charge in [-0.1, -0.05) is 0 Å². The number of fused-ring (bicyclic) bond motifs is 1. The zero-order valence-corrected chi connectivity index (χ0v) is 11.1. The van der Waals surface area contributed by atoms with Gasteiger partial charge in [0.1, 0.15) is 5.76 Å². The third kappa shape index (κ3) is 2.07. The summed E-state index contributed by atoms with van der Waals surface area (Å²) in [7, 11) is 0. The fourth-order valence-electron chi connectivity index (χ4n) is 2.88. The van der Waals surface area contributed by atoms with Gasteiger partial charge in [0.2, 0.25) is 5.91 Å². The van der Waals surface area contributed by atoms with Gasteiger partial charge in [0.15, 0.2) is 0 Å². The van der Waals surface area contributed by atoms with Crippen LogP contribution < -0.4 is 11.1 Å². The van der Waals surface area contributed by atoms with Crippen LogP contribution in [0.1, 0.15) is 37.1 Å². The maximum atomic E-state index is 12.5. The van der Waals surface area contributed by atoms with Gasteiger partial charge in [0.05, 0.1) is 30.9 Å². The molecule has 3 atom stereocenters. The van der Waals surface area contributed by atoms with E-state index in [0.29, 0.717) is 13.2 Å². The van der Waals surface area contributed by atoms with Crippen molar-refractivity contribution in [3.05, 3.63) is 23.7 Å². The average Bonchev–Trinajstić information content (AvgIpc) is 2.99. The highest BCUT2D eigenvalue weighted by molar-refractivity contribution is 5.84. The molecule has 1 aromatic rings. The van der Waals surface area contributed by atoms with Crippen molar-refractivity contribution in [2.24, 2.45) is 11.1 Å². The zero-order valence-electron chi connectivity index (χ0n) is 11.1. The zero-order chi connectivity index (χ0) is 13.5. The minimum atomic E-state index is -0.624. The molecule has 104 valence electrons. The summed E-state index contributed by atoms with van der Waals surface area (Å²) in [6.07, 6.45) is 4.63. The van der Waals surface area contributed by atoms with Gasteiger partial charge < -0.3 is 20.2 Å². The third-order valence-corrected chi connectivity index (χ3v) is 4.39. The number of nitrogens with one attached hydrogen (secondary N) is 1. The van der Waals surface area contributed by atoms with Crippen molar-refractivity contribution in [1.82, 2.24) is 5.32 Å². The summed E-state index contributed by atoms with van der Waals surface area (Å²) in [5.74, 6) is 0.977. The van der Waals surface area contributed by atoms with Crippen LogP contribution in [0, 0.1) is 5.41 Å². The van der Waals surface area contributed by atoms with Gasteiger partial charge in [-0.25, -0.2) is 0 Å². The van der Waals surface area contributed by atoms with E-state index in [2.05, 4.69) is 5.32 Å². The first-order chi connectivity index (χ1) is 9.11. The van der Waals surface area contributed by atoms with Crippen LogP contribution in [0.15, 0.2) is 16.7 Å². The molecule has 3 N–H and O–H groups in total. The number of hydrogen-bond acceptors (Lipinski definition) is 4. The molecule has 0 bridgehead atoms. The van der Waals surface area contributed by atoms with Crippen LogP contribution >= 0.6 is 0 Å². The Morgan fingerprint density at radius 1 is 1.58 bits per heavy atom. The highest BCUT2D eigenvalue weighted by atomic mass is 16.5. The van der Waals surface area contributed by atoms with E-state index in [0.717, 1.165) is 30.6 Å². The Kier molecular flexibility index (Phi) is 3.11. The molecule has 3 unspecified atom stereocenters. The van der Waals surface area contributed by atoms with E-state index in [1.54, 1.807) is 6.26 Å². The highest BCUT2D eigenvalue weighted by Crippen LogP contribution is 2.33. The van der Waals surface area contributed by atoms with Crippen LogP contribution in [0.3, 0.4) is 0 Å².